The van der Waals surface area contributed by atoms with Crippen LogP contribution in [0.4, 0.5) is 4.79 Å². The summed E-state index contributed by atoms with van der Waals surface area (Å²) in [4.78, 5) is 24.8. The number of nitrogens with one attached hydrogen (secondary N) is 2. The third-order valence-corrected chi connectivity index (χ3v) is 4.82. The normalized spacial score (nSPS) is 13.2. The van der Waals surface area contributed by atoms with Crippen LogP contribution in [0, 0.1) is 5.92 Å². The van der Waals surface area contributed by atoms with E-state index in [2.05, 4.69) is 24.5 Å². The van der Waals surface area contributed by atoms with Gasteiger partial charge in [-0.1, -0.05) is 50.2 Å². The topological polar surface area (TPSA) is 84.2 Å². The van der Waals surface area contributed by atoms with E-state index in [-0.39, 0.29) is 18.4 Å². The predicted octanol–water partition coefficient (Wildman–Crippen LogP) is 3.75. The van der Waals surface area contributed by atoms with Gasteiger partial charge in [0.15, 0.2) is 0 Å². The van der Waals surface area contributed by atoms with Crippen molar-refractivity contribution < 1.29 is 9.59 Å². The summed E-state index contributed by atoms with van der Waals surface area (Å²) < 4.78 is 0. The molecule has 0 aliphatic carbocycles. The molecule has 2 unspecified atom stereocenters. The summed E-state index contributed by atoms with van der Waals surface area (Å²) in [5.74, 6) is 0.337. The van der Waals surface area contributed by atoms with Gasteiger partial charge in [0.25, 0.3) is 0 Å². The molecule has 0 bridgehead atoms. The first-order chi connectivity index (χ1) is 12.0. The largest absolute Gasteiger partial charge is 0.352 e. The number of benzene rings is 1. The first-order valence-corrected chi connectivity index (χ1v) is 9.27. The van der Waals surface area contributed by atoms with Crippen LogP contribution in [0.25, 0.3) is 0 Å². The minimum atomic E-state index is -0.631. The van der Waals surface area contributed by atoms with E-state index in [1.54, 1.807) is 0 Å². The highest BCUT2D eigenvalue weighted by Gasteiger charge is 2.21. The maximum absolute atomic E-state index is 12.6. The lowest BCUT2D eigenvalue weighted by Gasteiger charge is -2.23. The highest BCUT2D eigenvalue weighted by atomic mass is 32.1. The lowest BCUT2D eigenvalue weighted by atomic mass is 9.96. The van der Waals surface area contributed by atoms with Crippen LogP contribution in [0.2, 0.25) is 0 Å². The van der Waals surface area contributed by atoms with Gasteiger partial charge in [0.05, 0.1) is 18.5 Å². The van der Waals surface area contributed by atoms with Crippen molar-refractivity contribution in [3.63, 3.8) is 0 Å². The van der Waals surface area contributed by atoms with E-state index in [9.17, 15) is 9.59 Å². The standard InChI is InChI=1S/C19H25N3O2S/c1-13(2)11-15(14-7-4-3-5-8-14)21-18(23)12-16(22-19(20)24)17-9-6-10-25-17/h3-10,13,15-16H,11-12H2,1-2H3,(H,21,23)(H3,20,22,24). The highest BCUT2D eigenvalue weighted by molar-refractivity contribution is 7.10. The molecule has 0 saturated carbocycles. The third kappa shape index (κ3) is 6.23. The van der Waals surface area contributed by atoms with Crippen LogP contribution in [0.5, 0.6) is 0 Å². The van der Waals surface area contributed by atoms with Crippen molar-refractivity contribution in [1.29, 1.82) is 0 Å². The zero-order chi connectivity index (χ0) is 18.2. The quantitative estimate of drug-likeness (QED) is 0.670. The Hall–Kier alpha value is -2.34. The molecule has 5 nitrogen and oxygen atoms in total. The summed E-state index contributed by atoms with van der Waals surface area (Å²) in [6.07, 6.45) is 1.01. The molecule has 0 saturated heterocycles. The zero-order valence-corrected chi connectivity index (χ0v) is 15.4. The van der Waals surface area contributed by atoms with Crippen LogP contribution in [-0.2, 0) is 4.79 Å². The summed E-state index contributed by atoms with van der Waals surface area (Å²) >= 11 is 1.49. The molecular formula is C19H25N3O2S. The van der Waals surface area contributed by atoms with Crippen molar-refractivity contribution in [3.05, 3.63) is 58.3 Å². The summed E-state index contributed by atoms with van der Waals surface area (Å²) in [6.45, 7) is 4.26. The number of urea groups is 1. The minimum Gasteiger partial charge on any atom is -0.352 e. The monoisotopic (exact) mass is 359 g/mol. The number of rotatable bonds is 8. The number of thiophene rings is 1. The smallest absolute Gasteiger partial charge is 0.312 e. The molecule has 6 heteroatoms. The van der Waals surface area contributed by atoms with E-state index in [0.717, 1.165) is 16.9 Å². The zero-order valence-electron chi connectivity index (χ0n) is 14.6. The molecule has 2 rings (SSSR count). The van der Waals surface area contributed by atoms with Crippen molar-refractivity contribution in [1.82, 2.24) is 10.6 Å². The van der Waals surface area contributed by atoms with E-state index in [0.29, 0.717) is 5.92 Å². The minimum absolute atomic E-state index is 0.0498. The molecule has 1 aromatic carbocycles. The van der Waals surface area contributed by atoms with Crippen molar-refractivity contribution in [2.24, 2.45) is 11.7 Å². The average molecular weight is 359 g/mol. The van der Waals surface area contributed by atoms with Gasteiger partial charge in [0, 0.05) is 4.88 Å². The number of primary amides is 1. The molecule has 2 aromatic rings. The van der Waals surface area contributed by atoms with Gasteiger partial charge in [-0.2, -0.15) is 0 Å². The number of carbonyl (C=O) groups is 2. The van der Waals surface area contributed by atoms with Crippen LogP contribution in [0.3, 0.4) is 0 Å². The second-order valence-electron chi connectivity index (χ2n) is 6.44. The fourth-order valence-electron chi connectivity index (χ4n) is 2.76. The maximum atomic E-state index is 12.6. The molecule has 25 heavy (non-hydrogen) atoms. The van der Waals surface area contributed by atoms with E-state index in [1.807, 2.05) is 47.8 Å². The van der Waals surface area contributed by atoms with E-state index in [1.165, 1.54) is 11.3 Å². The average Bonchev–Trinajstić information content (AvgIpc) is 3.08. The highest BCUT2D eigenvalue weighted by Crippen LogP contribution is 2.24. The van der Waals surface area contributed by atoms with Crippen LogP contribution in [-0.4, -0.2) is 11.9 Å². The first kappa shape index (κ1) is 19.0. The SMILES string of the molecule is CC(C)CC(NC(=O)CC(NC(N)=O)c1cccs1)c1ccccc1. The van der Waals surface area contributed by atoms with Gasteiger partial charge in [0.1, 0.15) is 0 Å². The summed E-state index contributed by atoms with van der Waals surface area (Å²) in [7, 11) is 0. The van der Waals surface area contributed by atoms with Crippen molar-refractivity contribution in [2.75, 3.05) is 0 Å². The van der Waals surface area contributed by atoms with Gasteiger partial charge in [0.2, 0.25) is 5.91 Å². The van der Waals surface area contributed by atoms with Crippen molar-refractivity contribution in [3.8, 4) is 0 Å². The van der Waals surface area contributed by atoms with Gasteiger partial charge in [-0.3, -0.25) is 4.79 Å². The number of hydrogen-bond donors (Lipinski definition) is 3. The Morgan fingerprint density at radius 3 is 2.32 bits per heavy atom. The lowest BCUT2D eigenvalue weighted by molar-refractivity contribution is -0.122. The molecule has 0 spiro atoms. The molecule has 0 fully saturated rings. The van der Waals surface area contributed by atoms with Gasteiger partial charge in [-0.25, -0.2) is 4.79 Å². The Morgan fingerprint density at radius 2 is 1.76 bits per heavy atom. The maximum Gasteiger partial charge on any atom is 0.312 e. The summed E-state index contributed by atoms with van der Waals surface area (Å²) in [5.41, 5.74) is 6.34. The van der Waals surface area contributed by atoms with Crippen LogP contribution >= 0.6 is 11.3 Å². The number of carbonyl (C=O) groups excluding carboxylic acids is 2. The van der Waals surface area contributed by atoms with Gasteiger partial charge >= 0.3 is 6.03 Å². The number of nitrogens with two attached hydrogens (primary N) is 1. The number of hydrogen-bond acceptors (Lipinski definition) is 3. The van der Waals surface area contributed by atoms with E-state index in [4.69, 9.17) is 5.73 Å². The Balaban J connectivity index is 2.07. The van der Waals surface area contributed by atoms with Crippen LogP contribution < -0.4 is 16.4 Å². The molecule has 3 amide bonds. The Morgan fingerprint density at radius 1 is 1.04 bits per heavy atom. The Kier molecular flexibility index (Phi) is 7.01. The lowest BCUT2D eigenvalue weighted by Crippen LogP contribution is -2.37. The van der Waals surface area contributed by atoms with Crippen molar-refractivity contribution in [2.45, 2.75) is 38.8 Å². The third-order valence-electron chi connectivity index (χ3n) is 3.84. The summed E-state index contributed by atoms with van der Waals surface area (Å²) in [6, 6.07) is 12.6. The van der Waals surface area contributed by atoms with Gasteiger partial charge < -0.3 is 16.4 Å². The second kappa shape index (κ2) is 9.22. The Labute approximate surface area is 152 Å². The molecule has 0 aliphatic heterocycles. The van der Waals surface area contributed by atoms with Crippen LogP contribution in [0.15, 0.2) is 47.8 Å². The van der Waals surface area contributed by atoms with E-state index >= 15 is 0 Å². The van der Waals surface area contributed by atoms with Gasteiger partial charge in [-0.05, 0) is 29.3 Å². The first-order valence-electron chi connectivity index (χ1n) is 8.39. The molecule has 134 valence electrons. The predicted molar refractivity (Wildman–Crippen MR) is 101 cm³/mol. The molecule has 4 N–H and O–H groups in total. The molecule has 2 atom stereocenters. The fourth-order valence-corrected chi connectivity index (χ4v) is 3.54. The van der Waals surface area contributed by atoms with Gasteiger partial charge in [-0.15, -0.1) is 11.3 Å². The molecule has 0 aliphatic rings. The van der Waals surface area contributed by atoms with Crippen molar-refractivity contribution >= 4 is 23.3 Å². The second-order valence-corrected chi connectivity index (χ2v) is 7.42. The molecule has 1 heterocycles. The molecular weight excluding hydrogens is 334 g/mol. The molecule has 1 aromatic heterocycles. The van der Waals surface area contributed by atoms with E-state index < -0.39 is 12.1 Å². The number of amides is 3. The summed E-state index contributed by atoms with van der Waals surface area (Å²) in [5, 5.41) is 7.67. The molecule has 0 radical (unpaired) electrons. The van der Waals surface area contributed by atoms with Crippen LogP contribution in [0.1, 0.15) is 49.2 Å². The Bertz CT molecular complexity index is 671. The fraction of sp³-hybridized carbons (Fsp3) is 0.368.